The summed E-state index contributed by atoms with van der Waals surface area (Å²) in [6, 6.07) is 10.2. The maximum Gasteiger partial charge on any atom is 0.340 e. The molecule has 0 radical (unpaired) electrons. The molecule has 8 heteroatoms. The lowest BCUT2D eigenvalue weighted by Gasteiger charge is -2.14. The molecular formula is C20H21N5O3. The number of aromatic nitrogens is 4. The summed E-state index contributed by atoms with van der Waals surface area (Å²) in [5.74, 6) is -0.662. The van der Waals surface area contributed by atoms with Crippen molar-refractivity contribution in [1.82, 2.24) is 25.1 Å². The average Bonchev–Trinajstić information content (AvgIpc) is 3.21. The van der Waals surface area contributed by atoms with E-state index in [4.69, 9.17) is 4.74 Å². The van der Waals surface area contributed by atoms with Gasteiger partial charge in [-0.3, -0.25) is 14.5 Å². The molecule has 2 aromatic heterocycles. The molecule has 1 aromatic carbocycles. The van der Waals surface area contributed by atoms with Crippen LogP contribution in [0.15, 0.2) is 55.2 Å². The van der Waals surface area contributed by atoms with Crippen molar-refractivity contribution in [3.05, 3.63) is 66.4 Å². The number of amides is 1. The van der Waals surface area contributed by atoms with Gasteiger partial charge in [-0.2, -0.15) is 5.10 Å². The summed E-state index contributed by atoms with van der Waals surface area (Å²) in [6.45, 7) is 4.43. The Bertz CT molecular complexity index is 956. The van der Waals surface area contributed by atoms with Crippen molar-refractivity contribution in [1.29, 1.82) is 0 Å². The van der Waals surface area contributed by atoms with E-state index in [1.807, 2.05) is 6.92 Å². The Hall–Kier alpha value is -3.55. The van der Waals surface area contributed by atoms with Crippen LogP contribution in [0.2, 0.25) is 0 Å². The first-order valence-corrected chi connectivity index (χ1v) is 8.94. The van der Waals surface area contributed by atoms with Gasteiger partial charge in [0.1, 0.15) is 12.7 Å². The molecule has 0 fully saturated rings. The highest BCUT2D eigenvalue weighted by atomic mass is 16.5. The number of rotatable bonds is 7. The van der Waals surface area contributed by atoms with Crippen LogP contribution in [0.3, 0.4) is 0 Å². The second kappa shape index (κ2) is 8.90. The van der Waals surface area contributed by atoms with Crippen molar-refractivity contribution in [3.8, 4) is 11.3 Å². The van der Waals surface area contributed by atoms with Crippen LogP contribution in [-0.2, 0) is 11.3 Å². The number of nitrogens with zero attached hydrogens (tertiary/aromatic N) is 4. The molecule has 0 aliphatic heterocycles. The number of ether oxygens (including phenoxy) is 1. The summed E-state index contributed by atoms with van der Waals surface area (Å²) in [5.41, 5.74) is 1.98. The summed E-state index contributed by atoms with van der Waals surface area (Å²) in [7, 11) is 0. The van der Waals surface area contributed by atoms with E-state index in [2.05, 4.69) is 20.4 Å². The molecule has 0 spiro atoms. The SMILES string of the molecule is CCOC(=O)c1cccnc1-c1cccc(C(=O)NC(C)Cn2cncn2)c1. The van der Waals surface area contributed by atoms with Gasteiger partial charge in [-0.05, 0) is 38.1 Å². The molecule has 0 saturated heterocycles. The number of carbonyl (C=O) groups excluding carboxylic acids is 2. The highest BCUT2D eigenvalue weighted by Crippen LogP contribution is 2.23. The predicted octanol–water partition coefficient (Wildman–Crippen LogP) is 2.34. The predicted molar refractivity (Wildman–Crippen MR) is 103 cm³/mol. The molecule has 3 aromatic rings. The molecular weight excluding hydrogens is 358 g/mol. The summed E-state index contributed by atoms with van der Waals surface area (Å²) in [4.78, 5) is 33.0. The third kappa shape index (κ3) is 4.59. The van der Waals surface area contributed by atoms with Gasteiger partial charge in [-0.15, -0.1) is 0 Å². The third-order valence-electron chi connectivity index (χ3n) is 4.01. The fraction of sp³-hybridized carbons (Fsp3) is 0.250. The van der Waals surface area contributed by atoms with Crippen LogP contribution in [0.4, 0.5) is 0 Å². The van der Waals surface area contributed by atoms with Gasteiger partial charge >= 0.3 is 5.97 Å². The van der Waals surface area contributed by atoms with Crippen LogP contribution in [0.5, 0.6) is 0 Å². The molecule has 0 aliphatic carbocycles. The minimum Gasteiger partial charge on any atom is -0.462 e. The number of hydrogen-bond donors (Lipinski definition) is 1. The topological polar surface area (TPSA) is 99.0 Å². The van der Waals surface area contributed by atoms with E-state index in [1.165, 1.54) is 6.33 Å². The smallest absolute Gasteiger partial charge is 0.340 e. The Kier molecular flexibility index (Phi) is 6.11. The molecule has 28 heavy (non-hydrogen) atoms. The van der Waals surface area contributed by atoms with E-state index in [0.717, 1.165) is 0 Å². The molecule has 144 valence electrons. The maximum absolute atomic E-state index is 12.6. The van der Waals surface area contributed by atoms with Crippen LogP contribution in [0.1, 0.15) is 34.6 Å². The first-order chi connectivity index (χ1) is 13.6. The van der Waals surface area contributed by atoms with Crippen LogP contribution in [0, 0.1) is 0 Å². The van der Waals surface area contributed by atoms with E-state index < -0.39 is 5.97 Å². The Morgan fingerprint density at radius 1 is 1.25 bits per heavy atom. The van der Waals surface area contributed by atoms with Gasteiger partial charge in [0.25, 0.3) is 5.91 Å². The number of pyridine rings is 1. The fourth-order valence-electron chi connectivity index (χ4n) is 2.78. The van der Waals surface area contributed by atoms with Crippen molar-refractivity contribution in [3.63, 3.8) is 0 Å². The standard InChI is InChI=1S/C20H21N5O3/c1-3-28-20(27)17-8-5-9-22-18(17)15-6-4-7-16(10-15)19(26)24-14(2)11-25-13-21-12-23-25/h4-10,12-14H,3,11H2,1-2H3,(H,24,26). The number of esters is 1. The Balaban J connectivity index is 1.79. The zero-order chi connectivity index (χ0) is 19.9. The first-order valence-electron chi connectivity index (χ1n) is 8.94. The van der Waals surface area contributed by atoms with Crippen LogP contribution in [-0.4, -0.2) is 44.3 Å². The lowest BCUT2D eigenvalue weighted by Crippen LogP contribution is -2.35. The van der Waals surface area contributed by atoms with Crippen LogP contribution < -0.4 is 5.32 Å². The molecule has 2 heterocycles. The molecule has 1 atom stereocenters. The normalized spacial score (nSPS) is 11.6. The van der Waals surface area contributed by atoms with E-state index in [1.54, 1.807) is 60.5 Å². The van der Waals surface area contributed by atoms with Crippen LogP contribution in [0.25, 0.3) is 11.3 Å². The van der Waals surface area contributed by atoms with Crippen LogP contribution >= 0.6 is 0 Å². The third-order valence-corrected chi connectivity index (χ3v) is 4.01. The van der Waals surface area contributed by atoms with Crippen molar-refractivity contribution < 1.29 is 14.3 Å². The molecule has 0 aliphatic rings. The zero-order valence-corrected chi connectivity index (χ0v) is 15.7. The lowest BCUT2D eigenvalue weighted by molar-refractivity contribution is 0.0526. The monoisotopic (exact) mass is 379 g/mol. The average molecular weight is 379 g/mol. The first kappa shape index (κ1) is 19.2. The largest absolute Gasteiger partial charge is 0.462 e. The molecule has 1 N–H and O–H groups in total. The van der Waals surface area contributed by atoms with E-state index in [-0.39, 0.29) is 18.6 Å². The Labute approximate surface area is 162 Å². The zero-order valence-electron chi connectivity index (χ0n) is 15.7. The molecule has 8 nitrogen and oxygen atoms in total. The maximum atomic E-state index is 12.6. The Morgan fingerprint density at radius 3 is 2.86 bits per heavy atom. The van der Waals surface area contributed by atoms with E-state index in [9.17, 15) is 9.59 Å². The lowest BCUT2D eigenvalue weighted by atomic mass is 10.0. The van der Waals surface area contributed by atoms with Gasteiger partial charge in [-0.1, -0.05) is 12.1 Å². The van der Waals surface area contributed by atoms with Gasteiger partial charge in [-0.25, -0.2) is 9.78 Å². The highest BCUT2D eigenvalue weighted by molar-refractivity contribution is 5.98. The summed E-state index contributed by atoms with van der Waals surface area (Å²) < 4.78 is 6.75. The van der Waals surface area contributed by atoms with Crippen molar-refractivity contribution in [2.24, 2.45) is 0 Å². The second-order valence-electron chi connectivity index (χ2n) is 6.19. The number of nitrogens with one attached hydrogen (secondary N) is 1. The molecule has 0 saturated carbocycles. The molecule has 1 amide bonds. The number of benzene rings is 1. The fourth-order valence-corrected chi connectivity index (χ4v) is 2.78. The van der Waals surface area contributed by atoms with Crippen molar-refractivity contribution in [2.45, 2.75) is 26.4 Å². The minimum absolute atomic E-state index is 0.136. The Morgan fingerprint density at radius 2 is 2.11 bits per heavy atom. The van der Waals surface area contributed by atoms with E-state index in [0.29, 0.717) is 28.9 Å². The van der Waals surface area contributed by atoms with Gasteiger partial charge < -0.3 is 10.1 Å². The summed E-state index contributed by atoms with van der Waals surface area (Å²) in [5, 5.41) is 6.96. The molecule has 0 bridgehead atoms. The van der Waals surface area contributed by atoms with E-state index >= 15 is 0 Å². The van der Waals surface area contributed by atoms with Gasteiger partial charge in [0.05, 0.1) is 24.4 Å². The summed E-state index contributed by atoms with van der Waals surface area (Å²) in [6.07, 6.45) is 4.65. The molecule has 1 unspecified atom stereocenters. The van der Waals surface area contributed by atoms with Gasteiger partial charge in [0.15, 0.2) is 0 Å². The van der Waals surface area contributed by atoms with Gasteiger partial charge in [0.2, 0.25) is 0 Å². The molecule has 3 rings (SSSR count). The number of hydrogen-bond acceptors (Lipinski definition) is 6. The second-order valence-corrected chi connectivity index (χ2v) is 6.19. The van der Waals surface area contributed by atoms with Gasteiger partial charge in [0, 0.05) is 23.4 Å². The summed E-state index contributed by atoms with van der Waals surface area (Å²) >= 11 is 0. The quantitative estimate of drug-likeness (QED) is 0.633. The highest BCUT2D eigenvalue weighted by Gasteiger charge is 2.17. The minimum atomic E-state index is -0.443. The number of carbonyl (C=O) groups is 2. The van der Waals surface area contributed by atoms with Crippen molar-refractivity contribution >= 4 is 11.9 Å². The van der Waals surface area contributed by atoms with Crippen molar-refractivity contribution in [2.75, 3.05) is 6.61 Å².